The van der Waals surface area contributed by atoms with E-state index in [1.165, 1.54) is 24.0 Å². The van der Waals surface area contributed by atoms with Gasteiger partial charge in [0.2, 0.25) is 0 Å². The topological polar surface area (TPSA) is 30.5 Å². The monoisotopic (exact) mass is 221 g/mol. The second kappa shape index (κ2) is 5.32. The van der Waals surface area contributed by atoms with Crippen molar-refractivity contribution >= 4 is 0 Å². The smallest absolute Gasteiger partial charge is 0.123 e. The molecule has 88 valence electrons. The van der Waals surface area contributed by atoms with Crippen LogP contribution in [0.3, 0.4) is 0 Å². The van der Waals surface area contributed by atoms with Gasteiger partial charge in [0.25, 0.3) is 0 Å². The number of hydrogen-bond acceptors (Lipinski definition) is 3. The molecule has 3 heteroatoms. The van der Waals surface area contributed by atoms with Crippen LogP contribution in [-0.2, 0) is 11.3 Å². The first-order chi connectivity index (χ1) is 7.86. The molecule has 1 atom stereocenters. The highest BCUT2D eigenvalue weighted by Crippen LogP contribution is 2.33. The molecule has 0 saturated carbocycles. The van der Waals surface area contributed by atoms with Gasteiger partial charge in [0.05, 0.1) is 13.7 Å². The van der Waals surface area contributed by atoms with Crippen molar-refractivity contribution in [2.45, 2.75) is 25.5 Å². The number of hydrogen-bond donors (Lipinski definition) is 1. The van der Waals surface area contributed by atoms with Crippen molar-refractivity contribution in [2.24, 2.45) is 0 Å². The molecular weight excluding hydrogens is 202 g/mol. The molecular formula is C13H19NO2. The first-order valence-corrected chi connectivity index (χ1v) is 5.75. The fourth-order valence-corrected chi connectivity index (χ4v) is 2.38. The second-order valence-electron chi connectivity index (χ2n) is 4.12. The van der Waals surface area contributed by atoms with Gasteiger partial charge in [0.15, 0.2) is 0 Å². The van der Waals surface area contributed by atoms with E-state index in [-0.39, 0.29) is 0 Å². The predicted octanol–water partition coefficient (Wildman–Crippen LogP) is 2.27. The molecule has 1 heterocycles. The highest BCUT2D eigenvalue weighted by atomic mass is 16.5. The maximum Gasteiger partial charge on any atom is 0.123 e. The molecule has 3 nitrogen and oxygen atoms in total. The number of methoxy groups -OCH3 is 2. The van der Waals surface area contributed by atoms with Crippen molar-refractivity contribution in [1.29, 1.82) is 0 Å². The summed E-state index contributed by atoms with van der Waals surface area (Å²) in [6, 6.07) is 6.57. The Morgan fingerprint density at radius 1 is 1.38 bits per heavy atom. The van der Waals surface area contributed by atoms with Crippen LogP contribution in [0.5, 0.6) is 5.75 Å². The maximum absolute atomic E-state index is 5.45. The molecule has 16 heavy (non-hydrogen) atoms. The van der Waals surface area contributed by atoms with Crippen molar-refractivity contribution in [3.05, 3.63) is 29.3 Å². The van der Waals surface area contributed by atoms with Gasteiger partial charge in [0.1, 0.15) is 5.75 Å². The molecule has 0 spiro atoms. The van der Waals surface area contributed by atoms with Gasteiger partial charge in [-0.2, -0.15) is 0 Å². The number of rotatable bonds is 4. The van der Waals surface area contributed by atoms with Crippen molar-refractivity contribution in [1.82, 2.24) is 5.32 Å². The Balaban J connectivity index is 2.36. The fourth-order valence-electron chi connectivity index (χ4n) is 2.38. The molecule has 1 N–H and O–H groups in total. The predicted molar refractivity (Wildman–Crippen MR) is 63.7 cm³/mol. The molecule has 1 aliphatic rings. The molecule has 0 radical (unpaired) electrons. The molecule has 1 aromatic rings. The summed E-state index contributed by atoms with van der Waals surface area (Å²) in [6.45, 7) is 1.74. The molecule has 2 rings (SSSR count). The van der Waals surface area contributed by atoms with Gasteiger partial charge in [0, 0.05) is 18.7 Å². The lowest BCUT2D eigenvalue weighted by Crippen LogP contribution is -2.16. The van der Waals surface area contributed by atoms with Crippen molar-refractivity contribution in [3.8, 4) is 5.75 Å². The van der Waals surface area contributed by atoms with Gasteiger partial charge in [-0.05, 0) is 31.0 Å². The number of nitrogens with one attached hydrogen (secondary N) is 1. The van der Waals surface area contributed by atoms with E-state index in [1.54, 1.807) is 14.2 Å². The number of benzene rings is 1. The van der Waals surface area contributed by atoms with E-state index in [0.29, 0.717) is 12.6 Å². The van der Waals surface area contributed by atoms with Gasteiger partial charge < -0.3 is 14.8 Å². The van der Waals surface area contributed by atoms with E-state index < -0.39 is 0 Å². The Morgan fingerprint density at radius 2 is 2.25 bits per heavy atom. The minimum absolute atomic E-state index is 0.418. The third-order valence-electron chi connectivity index (χ3n) is 3.08. The number of ether oxygens (including phenoxy) is 2. The SMILES string of the molecule is COCc1cccc(OC)c1C1CCCN1. The molecule has 1 aliphatic heterocycles. The van der Waals surface area contributed by atoms with Gasteiger partial charge in [-0.3, -0.25) is 0 Å². The first kappa shape index (κ1) is 11.4. The lowest BCUT2D eigenvalue weighted by atomic mass is 9.98. The van der Waals surface area contributed by atoms with Crippen LogP contribution >= 0.6 is 0 Å². The Bertz CT molecular complexity index is 346. The van der Waals surface area contributed by atoms with Crippen molar-refractivity contribution < 1.29 is 9.47 Å². The summed E-state index contributed by atoms with van der Waals surface area (Å²) in [5, 5.41) is 3.51. The van der Waals surface area contributed by atoms with E-state index in [1.807, 2.05) is 12.1 Å². The van der Waals surface area contributed by atoms with Gasteiger partial charge in [-0.25, -0.2) is 0 Å². The molecule has 1 unspecified atom stereocenters. The zero-order chi connectivity index (χ0) is 11.4. The lowest BCUT2D eigenvalue weighted by Gasteiger charge is -2.19. The Morgan fingerprint density at radius 3 is 2.88 bits per heavy atom. The zero-order valence-corrected chi connectivity index (χ0v) is 9.95. The average molecular weight is 221 g/mol. The summed E-state index contributed by atoms with van der Waals surface area (Å²) in [7, 11) is 3.45. The van der Waals surface area contributed by atoms with Crippen LogP contribution in [0.2, 0.25) is 0 Å². The minimum atomic E-state index is 0.418. The zero-order valence-electron chi connectivity index (χ0n) is 9.95. The Labute approximate surface area is 96.8 Å². The summed E-state index contributed by atoms with van der Waals surface area (Å²) >= 11 is 0. The van der Waals surface area contributed by atoms with Crippen LogP contribution in [0.15, 0.2) is 18.2 Å². The van der Waals surface area contributed by atoms with E-state index in [4.69, 9.17) is 9.47 Å². The largest absolute Gasteiger partial charge is 0.496 e. The summed E-state index contributed by atoms with van der Waals surface area (Å²) in [6.07, 6.45) is 2.41. The van der Waals surface area contributed by atoms with Gasteiger partial charge in [-0.1, -0.05) is 12.1 Å². The fraction of sp³-hybridized carbons (Fsp3) is 0.538. The van der Waals surface area contributed by atoms with Gasteiger partial charge in [-0.15, -0.1) is 0 Å². The van der Waals surface area contributed by atoms with Crippen molar-refractivity contribution in [2.75, 3.05) is 20.8 Å². The van der Waals surface area contributed by atoms with E-state index in [9.17, 15) is 0 Å². The molecule has 0 aliphatic carbocycles. The molecule has 0 bridgehead atoms. The van der Waals surface area contributed by atoms with E-state index in [0.717, 1.165) is 12.3 Å². The standard InChI is InChI=1S/C13H19NO2/c1-15-9-10-5-3-7-12(16-2)13(10)11-6-4-8-14-11/h3,5,7,11,14H,4,6,8-9H2,1-2H3. The molecule has 1 aromatic carbocycles. The Hall–Kier alpha value is -1.06. The minimum Gasteiger partial charge on any atom is -0.496 e. The summed E-state index contributed by atoms with van der Waals surface area (Å²) in [5.74, 6) is 0.967. The van der Waals surface area contributed by atoms with Crippen LogP contribution in [0.25, 0.3) is 0 Å². The summed E-state index contributed by atoms with van der Waals surface area (Å²) < 4.78 is 10.7. The third-order valence-corrected chi connectivity index (χ3v) is 3.08. The van der Waals surface area contributed by atoms with Gasteiger partial charge >= 0.3 is 0 Å². The highest BCUT2D eigenvalue weighted by molar-refractivity contribution is 5.42. The molecule has 0 aromatic heterocycles. The molecule has 0 amide bonds. The van der Waals surface area contributed by atoms with Crippen LogP contribution in [0.4, 0.5) is 0 Å². The van der Waals surface area contributed by atoms with Crippen LogP contribution in [0, 0.1) is 0 Å². The van der Waals surface area contributed by atoms with Crippen LogP contribution < -0.4 is 10.1 Å². The third kappa shape index (κ3) is 2.20. The van der Waals surface area contributed by atoms with E-state index >= 15 is 0 Å². The molecule has 1 fully saturated rings. The van der Waals surface area contributed by atoms with E-state index in [2.05, 4.69) is 11.4 Å². The maximum atomic E-state index is 5.45. The average Bonchev–Trinajstić information content (AvgIpc) is 2.82. The summed E-state index contributed by atoms with van der Waals surface area (Å²) in [4.78, 5) is 0. The molecule has 1 saturated heterocycles. The normalized spacial score (nSPS) is 20.0. The van der Waals surface area contributed by atoms with Crippen LogP contribution in [0.1, 0.15) is 30.0 Å². The van der Waals surface area contributed by atoms with Crippen LogP contribution in [-0.4, -0.2) is 20.8 Å². The Kier molecular flexibility index (Phi) is 3.80. The highest BCUT2D eigenvalue weighted by Gasteiger charge is 2.22. The second-order valence-corrected chi connectivity index (χ2v) is 4.12. The van der Waals surface area contributed by atoms with Crippen molar-refractivity contribution in [3.63, 3.8) is 0 Å². The summed E-state index contributed by atoms with van der Waals surface area (Å²) in [5.41, 5.74) is 2.49. The lowest BCUT2D eigenvalue weighted by molar-refractivity contribution is 0.183. The first-order valence-electron chi connectivity index (χ1n) is 5.75. The quantitative estimate of drug-likeness (QED) is 0.846.